The molecule has 34 heavy (non-hydrogen) atoms. The van der Waals surface area contributed by atoms with Gasteiger partial charge in [-0.3, -0.25) is 9.78 Å². The second kappa shape index (κ2) is 11.1. The molecule has 2 atom stereocenters. The number of anilines is 1. The van der Waals surface area contributed by atoms with Crippen molar-refractivity contribution in [3.8, 4) is 11.1 Å². The predicted octanol–water partition coefficient (Wildman–Crippen LogP) is 5.28. The highest BCUT2D eigenvalue weighted by Gasteiger charge is 2.42. The van der Waals surface area contributed by atoms with E-state index in [4.69, 9.17) is 16.3 Å². The number of ether oxygens (including phenoxy) is 1. The van der Waals surface area contributed by atoms with E-state index in [1.807, 2.05) is 24.3 Å². The molecule has 0 saturated carbocycles. The van der Waals surface area contributed by atoms with Crippen LogP contribution in [0.2, 0.25) is 5.02 Å². The molecular weight excluding hydrogens is 467 g/mol. The number of ketones is 1. The van der Waals surface area contributed by atoms with E-state index >= 15 is 0 Å². The molecule has 2 saturated heterocycles. The quantitative estimate of drug-likeness (QED) is 0.547. The average molecular weight is 496 g/mol. The van der Waals surface area contributed by atoms with Crippen molar-refractivity contribution in [1.29, 1.82) is 0 Å². The van der Waals surface area contributed by atoms with Crippen molar-refractivity contribution >= 4 is 23.1 Å². The lowest BCUT2D eigenvalue weighted by atomic mass is 9.89. The molecule has 1 aromatic carbocycles. The molecule has 0 unspecified atom stereocenters. The van der Waals surface area contributed by atoms with Gasteiger partial charge in [0.2, 0.25) is 0 Å². The van der Waals surface area contributed by atoms with Gasteiger partial charge in [-0.05, 0) is 55.4 Å². The van der Waals surface area contributed by atoms with Gasteiger partial charge in [0.15, 0.2) is 0 Å². The van der Waals surface area contributed by atoms with Crippen LogP contribution in [0.3, 0.4) is 0 Å². The summed E-state index contributed by atoms with van der Waals surface area (Å²) in [4.78, 5) is 17.0. The lowest BCUT2D eigenvalue weighted by Gasteiger charge is -2.30. The summed E-state index contributed by atoms with van der Waals surface area (Å²) in [5, 5.41) is 6.43. The zero-order valence-corrected chi connectivity index (χ0v) is 19.6. The van der Waals surface area contributed by atoms with Gasteiger partial charge >= 0.3 is 6.18 Å². The normalized spacial score (nSPS) is 21.9. The number of carbonyl (C=O) groups is 1. The van der Waals surface area contributed by atoms with Crippen molar-refractivity contribution in [2.45, 2.75) is 44.3 Å². The molecule has 0 amide bonds. The summed E-state index contributed by atoms with van der Waals surface area (Å²) in [7, 11) is 0. The number of nitrogens with one attached hydrogen (secondary N) is 2. The Morgan fingerprint density at radius 2 is 1.97 bits per heavy atom. The number of aromatic nitrogens is 1. The van der Waals surface area contributed by atoms with Crippen molar-refractivity contribution in [2.75, 3.05) is 31.6 Å². The Hall–Kier alpha value is -2.16. The molecule has 9 heteroatoms. The van der Waals surface area contributed by atoms with Gasteiger partial charge in [0.25, 0.3) is 0 Å². The van der Waals surface area contributed by atoms with Crippen LogP contribution in [-0.4, -0.2) is 49.3 Å². The number of hydrogen-bond acceptors (Lipinski definition) is 5. The molecule has 2 aromatic rings. The fraction of sp³-hybridized carbons (Fsp3) is 0.520. The maximum Gasteiger partial charge on any atom is 0.403 e. The number of halogens is 4. The number of carbonyl (C=O) groups excluding carboxylic acids is 1. The van der Waals surface area contributed by atoms with Crippen LogP contribution < -0.4 is 10.6 Å². The Balaban J connectivity index is 1.39. The topological polar surface area (TPSA) is 63.2 Å². The van der Waals surface area contributed by atoms with Gasteiger partial charge in [-0.25, -0.2) is 0 Å². The van der Waals surface area contributed by atoms with Gasteiger partial charge in [-0.2, -0.15) is 13.2 Å². The molecule has 0 bridgehead atoms. The van der Waals surface area contributed by atoms with Crippen LogP contribution in [0.4, 0.5) is 18.9 Å². The van der Waals surface area contributed by atoms with E-state index in [-0.39, 0.29) is 31.6 Å². The summed E-state index contributed by atoms with van der Waals surface area (Å²) in [6.07, 6.45) is -0.463. The van der Waals surface area contributed by atoms with E-state index in [1.54, 1.807) is 6.07 Å². The zero-order valence-electron chi connectivity index (χ0n) is 18.8. The first-order chi connectivity index (χ1) is 16.3. The highest BCUT2D eigenvalue weighted by molar-refractivity contribution is 6.33. The monoisotopic (exact) mass is 495 g/mol. The van der Waals surface area contributed by atoms with Crippen molar-refractivity contribution in [3.63, 3.8) is 0 Å². The fourth-order valence-corrected chi connectivity index (χ4v) is 4.76. The summed E-state index contributed by atoms with van der Waals surface area (Å²) >= 11 is 6.43. The molecule has 5 nitrogen and oxygen atoms in total. The molecular formula is C25H29ClF3N3O2. The van der Waals surface area contributed by atoms with Crippen molar-refractivity contribution in [2.24, 2.45) is 11.8 Å². The minimum absolute atomic E-state index is 0.0320. The molecule has 0 spiro atoms. The summed E-state index contributed by atoms with van der Waals surface area (Å²) in [6, 6.07) is 8.19. The second-order valence-electron chi connectivity index (χ2n) is 9.09. The van der Waals surface area contributed by atoms with E-state index < -0.39 is 18.1 Å². The minimum atomic E-state index is -4.28. The van der Waals surface area contributed by atoms with Crippen LogP contribution >= 0.6 is 11.6 Å². The van der Waals surface area contributed by atoms with Crippen LogP contribution in [0.1, 0.15) is 31.4 Å². The molecule has 0 radical (unpaired) electrons. The lowest BCUT2D eigenvalue weighted by Crippen LogP contribution is -2.49. The highest BCUT2D eigenvalue weighted by Crippen LogP contribution is 2.31. The lowest BCUT2D eigenvalue weighted by molar-refractivity contribution is -0.163. The number of piperidine rings is 1. The van der Waals surface area contributed by atoms with E-state index in [9.17, 15) is 18.0 Å². The SMILES string of the molecule is O=C(Cc1cc(-c2cccc(NCC3CCOCC3)c2)c(Cl)cn1)[C@@H]1CC[C@H](C(F)(F)F)NC1. The Morgan fingerprint density at radius 1 is 1.18 bits per heavy atom. The van der Waals surface area contributed by atoms with Gasteiger partial charge in [-0.1, -0.05) is 23.7 Å². The Bertz CT molecular complexity index is 988. The molecule has 184 valence electrons. The van der Waals surface area contributed by atoms with Gasteiger partial charge in [-0.15, -0.1) is 0 Å². The van der Waals surface area contributed by atoms with Crippen molar-refractivity contribution in [1.82, 2.24) is 10.3 Å². The van der Waals surface area contributed by atoms with Gasteiger partial charge in [0.1, 0.15) is 11.8 Å². The molecule has 2 fully saturated rings. The number of Topliss-reactive ketones (excluding diaryl/α,β-unsaturated/α-hetero) is 1. The summed E-state index contributed by atoms with van der Waals surface area (Å²) in [5.74, 6) is 0.0261. The summed E-state index contributed by atoms with van der Waals surface area (Å²) < 4.78 is 44.0. The van der Waals surface area contributed by atoms with E-state index in [0.717, 1.165) is 49.4 Å². The first-order valence-electron chi connectivity index (χ1n) is 11.7. The van der Waals surface area contributed by atoms with Crippen LogP contribution in [0.25, 0.3) is 11.1 Å². The molecule has 0 aliphatic carbocycles. The summed E-state index contributed by atoms with van der Waals surface area (Å²) in [6.45, 7) is 2.52. The fourth-order valence-electron chi connectivity index (χ4n) is 4.54. The molecule has 1 aromatic heterocycles. The Morgan fingerprint density at radius 3 is 2.68 bits per heavy atom. The molecule has 3 heterocycles. The number of benzene rings is 1. The van der Waals surface area contributed by atoms with Gasteiger partial charge in [0, 0.05) is 61.8 Å². The molecule has 4 rings (SSSR count). The van der Waals surface area contributed by atoms with Gasteiger partial charge < -0.3 is 15.4 Å². The highest BCUT2D eigenvalue weighted by atomic mass is 35.5. The van der Waals surface area contributed by atoms with E-state index in [2.05, 4.69) is 15.6 Å². The summed E-state index contributed by atoms with van der Waals surface area (Å²) in [5.41, 5.74) is 3.23. The van der Waals surface area contributed by atoms with E-state index in [0.29, 0.717) is 16.6 Å². The third kappa shape index (κ3) is 6.49. The zero-order chi connectivity index (χ0) is 24.1. The molecule has 2 aliphatic rings. The number of nitrogens with zero attached hydrogens (tertiary/aromatic N) is 1. The van der Waals surface area contributed by atoms with Crippen molar-refractivity contribution in [3.05, 3.63) is 47.2 Å². The largest absolute Gasteiger partial charge is 0.403 e. The number of rotatable bonds is 7. The van der Waals surface area contributed by atoms with Crippen LogP contribution in [0, 0.1) is 11.8 Å². The molecule has 2 aliphatic heterocycles. The standard InChI is InChI=1S/C25H29ClF3N3O2/c26-22-15-31-20(12-23(33)18-4-5-24(32-14-18)25(27,28)29)11-21(22)17-2-1-3-19(10-17)30-13-16-6-8-34-9-7-16/h1-3,10-11,15-16,18,24,30,32H,4-9,12-14H2/t18-,24-/m1/s1. The minimum Gasteiger partial charge on any atom is -0.385 e. The Kier molecular flexibility index (Phi) is 8.11. The smallest absolute Gasteiger partial charge is 0.385 e. The first-order valence-corrected chi connectivity index (χ1v) is 12.1. The van der Waals surface area contributed by atoms with E-state index in [1.165, 1.54) is 6.20 Å². The predicted molar refractivity (Wildman–Crippen MR) is 126 cm³/mol. The number of hydrogen-bond donors (Lipinski definition) is 2. The molecule has 2 N–H and O–H groups in total. The van der Waals surface area contributed by atoms with Crippen LogP contribution in [0.5, 0.6) is 0 Å². The van der Waals surface area contributed by atoms with Crippen LogP contribution in [-0.2, 0) is 16.0 Å². The second-order valence-corrected chi connectivity index (χ2v) is 9.50. The van der Waals surface area contributed by atoms with Crippen molar-refractivity contribution < 1.29 is 22.7 Å². The maximum atomic E-state index is 12.9. The first kappa shape index (κ1) is 24.9. The number of alkyl halides is 3. The third-order valence-corrected chi connectivity index (χ3v) is 6.94. The van der Waals surface area contributed by atoms with Gasteiger partial charge in [0.05, 0.1) is 5.02 Å². The van der Waals surface area contributed by atoms with Crippen LogP contribution in [0.15, 0.2) is 36.5 Å². The average Bonchev–Trinajstić information content (AvgIpc) is 2.84. The Labute approximate surface area is 202 Å². The third-order valence-electron chi connectivity index (χ3n) is 6.64. The maximum absolute atomic E-state index is 12.9. The number of pyridine rings is 1.